The summed E-state index contributed by atoms with van der Waals surface area (Å²) in [5.41, 5.74) is 0.241. The minimum Gasteiger partial charge on any atom is -0.462 e. The lowest BCUT2D eigenvalue weighted by Crippen LogP contribution is -2.13. The van der Waals surface area contributed by atoms with Crippen molar-refractivity contribution in [2.75, 3.05) is 11.3 Å². The lowest BCUT2D eigenvalue weighted by molar-refractivity contribution is 0.0526. The van der Waals surface area contributed by atoms with Gasteiger partial charge in [0.15, 0.2) is 0 Å². The molecule has 0 aliphatic heterocycles. The van der Waals surface area contributed by atoms with Crippen molar-refractivity contribution in [1.29, 1.82) is 0 Å². The molecule has 1 N–H and O–H groups in total. The van der Waals surface area contributed by atoms with Gasteiger partial charge in [-0.1, -0.05) is 6.07 Å². The highest BCUT2D eigenvalue weighted by molar-refractivity contribution is 7.94. The number of rotatable bonds is 5. The Hall–Kier alpha value is -1.93. The van der Waals surface area contributed by atoms with Crippen LogP contribution >= 0.6 is 11.3 Å². The van der Waals surface area contributed by atoms with Crippen molar-refractivity contribution in [2.45, 2.75) is 11.1 Å². The predicted molar refractivity (Wildman–Crippen MR) is 75.3 cm³/mol. The summed E-state index contributed by atoms with van der Waals surface area (Å²) in [5, 5.41) is 1.66. The average Bonchev–Trinajstić information content (AvgIpc) is 2.93. The van der Waals surface area contributed by atoms with E-state index in [1.807, 2.05) is 0 Å². The number of hydrogen-bond acceptors (Lipinski definition) is 6. The number of sulfonamides is 1. The molecular weight excluding hydrogens is 300 g/mol. The molecule has 20 heavy (non-hydrogen) atoms. The molecule has 0 amide bonds. The third-order valence-electron chi connectivity index (χ3n) is 2.27. The Labute approximate surface area is 120 Å². The van der Waals surface area contributed by atoms with Gasteiger partial charge < -0.3 is 4.74 Å². The van der Waals surface area contributed by atoms with Gasteiger partial charge in [-0.25, -0.2) is 18.2 Å². The van der Waals surface area contributed by atoms with E-state index < -0.39 is 16.0 Å². The maximum Gasteiger partial charge on any atom is 0.338 e. The number of hydrogen-bond donors (Lipinski definition) is 1. The summed E-state index contributed by atoms with van der Waals surface area (Å²) in [7, 11) is -3.67. The van der Waals surface area contributed by atoms with Crippen LogP contribution in [0.3, 0.4) is 0 Å². The highest BCUT2D eigenvalue weighted by Gasteiger charge is 2.16. The van der Waals surface area contributed by atoms with Gasteiger partial charge in [0, 0.05) is 6.20 Å². The zero-order valence-electron chi connectivity index (χ0n) is 10.6. The molecule has 0 saturated heterocycles. The molecule has 2 heterocycles. The van der Waals surface area contributed by atoms with Gasteiger partial charge in [0.05, 0.1) is 12.2 Å². The Bertz CT molecular complexity index is 696. The van der Waals surface area contributed by atoms with E-state index in [1.54, 1.807) is 18.4 Å². The van der Waals surface area contributed by atoms with E-state index in [-0.39, 0.29) is 22.2 Å². The van der Waals surface area contributed by atoms with E-state index >= 15 is 0 Å². The Morgan fingerprint density at radius 1 is 1.45 bits per heavy atom. The zero-order valence-corrected chi connectivity index (χ0v) is 12.2. The number of aromatic nitrogens is 1. The van der Waals surface area contributed by atoms with Crippen molar-refractivity contribution in [2.24, 2.45) is 0 Å². The fraction of sp³-hybridized carbons (Fsp3) is 0.167. The third kappa shape index (κ3) is 3.34. The second-order valence-electron chi connectivity index (χ2n) is 3.69. The summed E-state index contributed by atoms with van der Waals surface area (Å²) in [6, 6.07) is 5.92. The number of nitrogens with zero attached hydrogens (tertiary/aromatic N) is 1. The van der Waals surface area contributed by atoms with Crippen LogP contribution in [-0.4, -0.2) is 26.0 Å². The summed E-state index contributed by atoms with van der Waals surface area (Å²) in [6.07, 6.45) is 1.35. The molecule has 2 aromatic rings. The molecule has 0 aliphatic rings. The number of pyridine rings is 1. The number of ether oxygens (including phenoxy) is 1. The molecule has 8 heteroatoms. The molecule has 0 radical (unpaired) electrons. The maximum atomic E-state index is 12.0. The summed E-state index contributed by atoms with van der Waals surface area (Å²) >= 11 is 1.10. The molecule has 2 rings (SSSR count). The van der Waals surface area contributed by atoms with Crippen molar-refractivity contribution in [3.8, 4) is 0 Å². The van der Waals surface area contributed by atoms with Gasteiger partial charge in [-0.3, -0.25) is 4.72 Å². The number of nitrogens with one attached hydrogen (secondary N) is 1. The number of carbonyl (C=O) groups excluding carboxylic acids is 1. The van der Waals surface area contributed by atoms with E-state index in [1.165, 1.54) is 24.4 Å². The largest absolute Gasteiger partial charge is 0.462 e. The standard InChI is InChI=1S/C12H12N2O4S2/c1-2-18-12(15)9-5-6-13-10(8-9)14-20(16,17)11-4-3-7-19-11/h3-8H,2H2,1H3,(H,13,14). The normalized spacial score (nSPS) is 11.1. The Morgan fingerprint density at radius 3 is 2.90 bits per heavy atom. The van der Waals surface area contributed by atoms with E-state index in [2.05, 4.69) is 9.71 Å². The summed E-state index contributed by atoms with van der Waals surface area (Å²) in [6.45, 7) is 1.94. The van der Waals surface area contributed by atoms with Crippen molar-refractivity contribution < 1.29 is 17.9 Å². The van der Waals surface area contributed by atoms with Crippen molar-refractivity contribution in [1.82, 2.24) is 4.98 Å². The SMILES string of the molecule is CCOC(=O)c1ccnc(NS(=O)(=O)c2cccs2)c1. The smallest absolute Gasteiger partial charge is 0.338 e. The van der Waals surface area contributed by atoms with E-state index in [0.29, 0.717) is 0 Å². The van der Waals surface area contributed by atoms with Gasteiger partial charge in [-0.05, 0) is 30.5 Å². The fourth-order valence-electron chi connectivity index (χ4n) is 1.43. The lowest BCUT2D eigenvalue weighted by Gasteiger charge is -2.07. The molecule has 0 fully saturated rings. The predicted octanol–water partition coefficient (Wildman–Crippen LogP) is 2.12. The quantitative estimate of drug-likeness (QED) is 0.855. The van der Waals surface area contributed by atoms with E-state index in [9.17, 15) is 13.2 Å². The van der Waals surface area contributed by atoms with E-state index in [0.717, 1.165) is 11.3 Å². The van der Waals surface area contributed by atoms with Crippen LogP contribution in [0.15, 0.2) is 40.1 Å². The molecule has 106 valence electrons. The second-order valence-corrected chi connectivity index (χ2v) is 6.54. The zero-order chi connectivity index (χ0) is 14.6. The molecule has 0 aromatic carbocycles. The first-order valence-electron chi connectivity index (χ1n) is 5.72. The monoisotopic (exact) mass is 312 g/mol. The van der Waals surface area contributed by atoms with Crippen LogP contribution in [0.4, 0.5) is 5.82 Å². The molecule has 0 aliphatic carbocycles. The topological polar surface area (TPSA) is 85.4 Å². The molecule has 0 unspecified atom stereocenters. The number of anilines is 1. The van der Waals surface area contributed by atoms with Gasteiger partial charge >= 0.3 is 5.97 Å². The Balaban J connectivity index is 2.22. The van der Waals surface area contributed by atoms with Crippen LogP contribution in [0.1, 0.15) is 17.3 Å². The third-order valence-corrected chi connectivity index (χ3v) is 5.02. The first kappa shape index (κ1) is 14.5. The number of carbonyl (C=O) groups is 1. The summed E-state index contributed by atoms with van der Waals surface area (Å²) in [4.78, 5) is 15.4. The molecule has 0 saturated carbocycles. The highest BCUT2D eigenvalue weighted by Crippen LogP contribution is 2.19. The Morgan fingerprint density at radius 2 is 2.25 bits per heavy atom. The summed E-state index contributed by atoms with van der Waals surface area (Å²) < 4.78 is 31.4. The van der Waals surface area contributed by atoms with Gasteiger partial charge in [0.25, 0.3) is 10.0 Å². The first-order valence-corrected chi connectivity index (χ1v) is 8.08. The number of esters is 1. The first-order chi connectivity index (χ1) is 9.53. The van der Waals surface area contributed by atoms with Crippen LogP contribution in [0, 0.1) is 0 Å². The lowest BCUT2D eigenvalue weighted by atomic mass is 10.3. The van der Waals surface area contributed by atoms with Crippen LogP contribution < -0.4 is 4.72 Å². The van der Waals surface area contributed by atoms with Crippen molar-refractivity contribution in [3.05, 3.63) is 41.4 Å². The van der Waals surface area contributed by atoms with Crippen LogP contribution in [0.5, 0.6) is 0 Å². The van der Waals surface area contributed by atoms with Gasteiger partial charge in [-0.15, -0.1) is 11.3 Å². The molecule has 6 nitrogen and oxygen atoms in total. The van der Waals surface area contributed by atoms with Crippen LogP contribution in [0.25, 0.3) is 0 Å². The van der Waals surface area contributed by atoms with Gasteiger partial charge in [0.2, 0.25) is 0 Å². The van der Waals surface area contributed by atoms with Crippen LogP contribution in [0.2, 0.25) is 0 Å². The molecule has 2 aromatic heterocycles. The van der Waals surface area contributed by atoms with E-state index in [4.69, 9.17) is 4.74 Å². The minimum absolute atomic E-state index is 0.0731. The molecule has 0 atom stereocenters. The van der Waals surface area contributed by atoms with Crippen LogP contribution in [-0.2, 0) is 14.8 Å². The van der Waals surface area contributed by atoms with Gasteiger partial charge in [0.1, 0.15) is 10.0 Å². The minimum atomic E-state index is -3.67. The summed E-state index contributed by atoms with van der Waals surface area (Å²) in [5.74, 6) is -0.449. The number of thiophene rings is 1. The Kier molecular flexibility index (Phi) is 4.35. The highest BCUT2D eigenvalue weighted by atomic mass is 32.2. The van der Waals surface area contributed by atoms with Crippen molar-refractivity contribution >= 4 is 33.1 Å². The molecule has 0 bridgehead atoms. The van der Waals surface area contributed by atoms with Crippen molar-refractivity contribution in [3.63, 3.8) is 0 Å². The molecular formula is C12H12N2O4S2. The fourth-order valence-corrected chi connectivity index (χ4v) is 3.42. The van der Waals surface area contributed by atoms with Gasteiger partial charge in [-0.2, -0.15) is 0 Å². The second kappa shape index (κ2) is 6.02. The maximum absolute atomic E-state index is 12.0. The average molecular weight is 312 g/mol. The molecule has 0 spiro atoms.